The largest absolute Gasteiger partial charge is 0.377 e. The molecule has 190 valence electrons. The quantitative estimate of drug-likeness (QED) is 0.520. The van der Waals surface area contributed by atoms with Gasteiger partial charge in [0, 0.05) is 35.1 Å². The monoisotopic (exact) mass is 507 g/mol. The molecular weight excluding hydrogens is 474 g/mol. The highest BCUT2D eigenvalue weighted by Gasteiger charge is 2.41. The fourth-order valence-corrected chi connectivity index (χ4v) is 7.13. The van der Waals surface area contributed by atoms with Gasteiger partial charge in [0.1, 0.15) is 0 Å². The van der Waals surface area contributed by atoms with E-state index in [2.05, 4.69) is 14.6 Å². The topological polar surface area (TPSA) is 91.5 Å². The Bertz CT molecular complexity index is 1340. The molecule has 3 aliphatic rings. The Morgan fingerprint density at radius 2 is 1.75 bits per heavy atom. The highest BCUT2D eigenvalue weighted by molar-refractivity contribution is 7.89. The minimum Gasteiger partial charge on any atom is -0.377 e. The average Bonchev–Trinajstić information content (AvgIpc) is 3.67. The van der Waals surface area contributed by atoms with Crippen LogP contribution in [0.3, 0.4) is 0 Å². The molecule has 6 rings (SSSR count). The molecule has 1 saturated heterocycles. The smallest absolute Gasteiger partial charge is 0.240 e. The minimum absolute atomic E-state index is 0.0169. The number of morpholine rings is 1. The highest BCUT2D eigenvalue weighted by Crippen LogP contribution is 2.38. The van der Waals surface area contributed by atoms with Gasteiger partial charge in [0.2, 0.25) is 15.9 Å². The zero-order valence-electron chi connectivity index (χ0n) is 20.4. The van der Waals surface area contributed by atoms with Crippen molar-refractivity contribution in [2.24, 2.45) is 11.8 Å². The van der Waals surface area contributed by atoms with Gasteiger partial charge in [0.05, 0.1) is 24.2 Å². The lowest BCUT2D eigenvalue weighted by Gasteiger charge is -2.39. The average molecular weight is 508 g/mol. The molecule has 2 aliphatic carbocycles. The van der Waals surface area contributed by atoms with Crippen LogP contribution in [-0.4, -0.2) is 56.1 Å². The Balaban J connectivity index is 1.10. The summed E-state index contributed by atoms with van der Waals surface area (Å²) < 4.78 is 34.9. The van der Waals surface area contributed by atoms with Crippen molar-refractivity contribution >= 4 is 26.8 Å². The number of fused-ring (bicyclic) bond motifs is 1. The molecular formula is C28H33N3O4S. The predicted molar refractivity (Wildman–Crippen MR) is 139 cm³/mol. The van der Waals surface area contributed by atoms with Gasteiger partial charge in [-0.2, -0.15) is 0 Å². The number of aromatic nitrogens is 1. The molecule has 2 N–H and O–H groups in total. The van der Waals surface area contributed by atoms with E-state index in [1.54, 1.807) is 12.1 Å². The lowest BCUT2D eigenvalue weighted by atomic mass is 9.85. The number of aromatic amines is 1. The summed E-state index contributed by atoms with van der Waals surface area (Å²) in [6.45, 7) is 1.95. The number of amides is 1. The number of rotatable bonds is 6. The Hall–Kier alpha value is -2.68. The van der Waals surface area contributed by atoms with Gasteiger partial charge in [0.25, 0.3) is 0 Å². The summed E-state index contributed by atoms with van der Waals surface area (Å²) in [6.07, 6.45) is 5.17. The third kappa shape index (κ3) is 4.82. The van der Waals surface area contributed by atoms with E-state index < -0.39 is 10.0 Å². The number of H-pyrrole nitrogens is 1. The van der Waals surface area contributed by atoms with Crippen molar-refractivity contribution in [1.29, 1.82) is 0 Å². The maximum Gasteiger partial charge on any atom is 0.240 e. The fraction of sp³-hybridized carbons (Fsp3) is 0.464. The normalized spacial score (nSPS) is 25.2. The van der Waals surface area contributed by atoms with Gasteiger partial charge < -0.3 is 14.6 Å². The third-order valence-electron chi connectivity index (χ3n) is 8.00. The molecule has 1 aromatic heterocycles. The molecule has 2 saturated carbocycles. The Kier molecular flexibility index (Phi) is 6.35. The number of carbonyl (C=O) groups is 1. The minimum atomic E-state index is -3.66. The van der Waals surface area contributed by atoms with E-state index in [1.807, 2.05) is 42.5 Å². The van der Waals surface area contributed by atoms with E-state index in [9.17, 15) is 13.2 Å². The van der Waals surface area contributed by atoms with E-state index in [0.717, 1.165) is 35.0 Å². The fourth-order valence-electron chi connectivity index (χ4n) is 5.79. The van der Waals surface area contributed by atoms with Crippen LogP contribution in [0.15, 0.2) is 59.5 Å². The first kappa shape index (κ1) is 23.7. The molecule has 1 aliphatic heterocycles. The summed E-state index contributed by atoms with van der Waals surface area (Å²) in [7, 11) is -3.66. The second-order valence-electron chi connectivity index (χ2n) is 10.5. The van der Waals surface area contributed by atoms with E-state index in [0.29, 0.717) is 38.5 Å². The molecule has 7 nitrogen and oxygen atoms in total. The number of hydrogen-bond acceptors (Lipinski definition) is 4. The second-order valence-corrected chi connectivity index (χ2v) is 12.2. The van der Waals surface area contributed by atoms with Crippen LogP contribution in [0.1, 0.15) is 38.5 Å². The van der Waals surface area contributed by atoms with Crippen molar-refractivity contribution in [3.63, 3.8) is 0 Å². The molecule has 3 aromatic rings. The van der Waals surface area contributed by atoms with Crippen LogP contribution < -0.4 is 4.72 Å². The van der Waals surface area contributed by atoms with E-state index >= 15 is 0 Å². The Labute approximate surface area is 212 Å². The van der Waals surface area contributed by atoms with E-state index in [4.69, 9.17) is 4.74 Å². The zero-order valence-corrected chi connectivity index (χ0v) is 21.2. The molecule has 1 unspecified atom stereocenters. The summed E-state index contributed by atoms with van der Waals surface area (Å²) in [4.78, 5) is 18.9. The molecule has 1 amide bonds. The lowest BCUT2D eigenvalue weighted by molar-refractivity contribution is -0.146. The van der Waals surface area contributed by atoms with Crippen molar-refractivity contribution in [1.82, 2.24) is 14.6 Å². The molecule has 0 spiro atoms. The van der Waals surface area contributed by atoms with Gasteiger partial charge >= 0.3 is 0 Å². The van der Waals surface area contributed by atoms with Crippen molar-refractivity contribution in [2.75, 3.05) is 19.8 Å². The van der Waals surface area contributed by atoms with Gasteiger partial charge in [-0.1, -0.05) is 36.4 Å². The summed E-state index contributed by atoms with van der Waals surface area (Å²) in [5.41, 5.74) is 2.81. The molecule has 2 heterocycles. The van der Waals surface area contributed by atoms with Gasteiger partial charge in [-0.15, -0.1) is 0 Å². The van der Waals surface area contributed by atoms with Gasteiger partial charge in [0.15, 0.2) is 0 Å². The standard InChI is InChI=1S/C28H33N3O4S/c32-28(31-14-15-35-18-27(31)20-6-7-20)21-8-11-23(12-9-21)30-36(33,34)24-13-10-22-16-25(29-26(22)17-24)19-4-2-1-3-5-19/h1-5,10,13,16-17,20-21,23,27,29-30H,6-9,11-12,14-15,18H2/t21-,23-,27?. The van der Waals surface area contributed by atoms with Gasteiger partial charge in [-0.05, 0) is 68.2 Å². The number of ether oxygens (including phenoxy) is 1. The number of nitrogens with one attached hydrogen (secondary N) is 2. The van der Waals surface area contributed by atoms with Crippen LogP contribution in [-0.2, 0) is 19.6 Å². The lowest BCUT2D eigenvalue weighted by Crippen LogP contribution is -2.52. The maximum absolute atomic E-state index is 13.3. The first-order chi connectivity index (χ1) is 17.5. The predicted octanol–water partition coefficient (Wildman–Crippen LogP) is 4.31. The molecule has 2 aromatic carbocycles. The first-order valence-electron chi connectivity index (χ1n) is 13.1. The highest BCUT2D eigenvalue weighted by atomic mass is 32.2. The molecule has 0 radical (unpaired) electrons. The summed E-state index contributed by atoms with van der Waals surface area (Å²) in [6, 6.07) is 17.3. The zero-order chi connectivity index (χ0) is 24.7. The summed E-state index contributed by atoms with van der Waals surface area (Å²) in [5, 5.41) is 0.972. The van der Waals surface area contributed by atoms with Gasteiger partial charge in [-0.25, -0.2) is 13.1 Å². The van der Waals surface area contributed by atoms with E-state index in [-0.39, 0.29) is 28.8 Å². The summed E-state index contributed by atoms with van der Waals surface area (Å²) in [5.74, 6) is 0.817. The molecule has 36 heavy (non-hydrogen) atoms. The molecule has 1 atom stereocenters. The maximum atomic E-state index is 13.3. The van der Waals surface area contributed by atoms with Crippen LogP contribution in [0.4, 0.5) is 0 Å². The number of hydrogen-bond donors (Lipinski definition) is 2. The van der Waals surface area contributed by atoms with Crippen LogP contribution in [0.2, 0.25) is 0 Å². The SMILES string of the molecule is O=C([C@H]1CC[C@H](NS(=O)(=O)c2ccc3cc(-c4ccccc4)[nH]c3c2)CC1)N1CCOCC1C1CC1. The Morgan fingerprint density at radius 3 is 2.50 bits per heavy atom. The molecule has 8 heteroatoms. The number of carbonyl (C=O) groups excluding carboxylic acids is 1. The molecule has 0 bridgehead atoms. The number of benzene rings is 2. The molecule has 3 fully saturated rings. The van der Waals surface area contributed by atoms with Crippen molar-refractivity contribution in [2.45, 2.75) is 55.5 Å². The third-order valence-corrected chi connectivity index (χ3v) is 9.52. The van der Waals surface area contributed by atoms with Crippen LogP contribution in [0.5, 0.6) is 0 Å². The summed E-state index contributed by atoms with van der Waals surface area (Å²) >= 11 is 0. The first-order valence-corrected chi connectivity index (χ1v) is 14.5. The number of nitrogens with zero attached hydrogens (tertiary/aromatic N) is 1. The van der Waals surface area contributed by atoms with Gasteiger partial charge in [-0.3, -0.25) is 4.79 Å². The van der Waals surface area contributed by atoms with Crippen LogP contribution in [0, 0.1) is 11.8 Å². The van der Waals surface area contributed by atoms with Crippen molar-refractivity contribution in [3.05, 3.63) is 54.6 Å². The van der Waals surface area contributed by atoms with Crippen LogP contribution in [0.25, 0.3) is 22.2 Å². The van der Waals surface area contributed by atoms with Crippen molar-refractivity contribution in [3.8, 4) is 11.3 Å². The number of sulfonamides is 1. The van der Waals surface area contributed by atoms with Crippen LogP contribution >= 0.6 is 0 Å². The Morgan fingerprint density at radius 1 is 0.972 bits per heavy atom. The van der Waals surface area contributed by atoms with Crippen molar-refractivity contribution < 1.29 is 17.9 Å². The second kappa shape index (κ2) is 9.65. The van der Waals surface area contributed by atoms with E-state index in [1.165, 1.54) is 12.8 Å².